The highest BCUT2D eigenvalue weighted by atomic mass is 15.2. The van der Waals surface area contributed by atoms with E-state index in [1.54, 1.807) is 6.33 Å². The number of likely N-dealkylation sites (tertiary alicyclic amines) is 1. The predicted molar refractivity (Wildman–Crippen MR) is 84.5 cm³/mol. The summed E-state index contributed by atoms with van der Waals surface area (Å²) in [7, 11) is 0. The van der Waals surface area contributed by atoms with E-state index in [9.17, 15) is 0 Å². The van der Waals surface area contributed by atoms with E-state index < -0.39 is 0 Å². The third-order valence-electron chi connectivity index (χ3n) is 5.00. The quantitative estimate of drug-likeness (QED) is 0.920. The molecule has 4 rings (SSSR count). The SMILES string of the molecule is c1nc(N2CCC(N3CCCCC3)CC2)c2cc[nH]c2n1. The van der Waals surface area contributed by atoms with E-state index in [1.165, 1.54) is 45.2 Å². The van der Waals surface area contributed by atoms with Gasteiger partial charge < -0.3 is 14.8 Å². The maximum atomic E-state index is 4.52. The Kier molecular flexibility index (Phi) is 3.51. The minimum atomic E-state index is 0.783. The molecule has 2 aromatic rings. The fraction of sp³-hybridized carbons (Fsp3) is 0.625. The van der Waals surface area contributed by atoms with Gasteiger partial charge in [0.05, 0.1) is 5.39 Å². The van der Waals surface area contributed by atoms with E-state index in [0.29, 0.717) is 0 Å². The molecule has 0 aliphatic carbocycles. The fourth-order valence-electron chi connectivity index (χ4n) is 3.84. The Morgan fingerprint density at radius 1 is 1.00 bits per heavy atom. The van der Waals surface area contributed by atoms with E-state index in [0.717, 1.165) is 36.0 Å². The number of piperidine rings is 2. The molecule has 0 bridgehead atoms. The minimum Gasteiger partial charge on any atom is -0.356 e. The smallest absolute Gasteiger partial charge is 0.142 e. The van der Waals surface area contributed by atoms with Crippen LogP contribution in [0.5, 0.6) is 0 Å². The number of hydrogen-bond donors (Lipinski definition) is 1. The summed E-state index contributed by atoms with van der Waals surface area (Å²) < 4.78 is 0. The van der Waals surface area contributed by atoms with Gasteiger partial charge in [-0.1, -0.05) is 6.42 Å². The lowest BCUT2D eigenvalue weighted by Gasteiger charge is -2.40. The maximum absolute atomic E-state index is 4.52. The van der Waals surface area contributed by atoms with Gasteiger partial charge in [-0.2, -0.15) is 0 Å². The summed E-state index contributed by atoms with van der Waals surface area (Å²) in [6.07, 6.45) is 10.3. The van der Waals surface area contributed by atoms with Crippen LogP contribution in [-0.4, -0.2) is 52.1 Å². The Morgan fingerprint density at radius 2 is 1.81 bits per heavy atom. The molecule has 4 heterocycles. The number of H-pyrrole nitrogens is 1. The van der Waals surface area contributed by atoms with Gasteiger partial charge in [0.2, 0.25) is 0 Å². The molecular weight excluding hydrogens is 262 g/mol. The Morgan fingerprint density at radius 3 is 2.62 bits per heavy atom. The summed E-state index contributed by atoms with van der Waals surface area (Å²) in [6.45, 7) is 4.83. The van der Waals surface area contributed by atoms with Crippen LogP contribution in [0, 0.1) is 0 Å². The zero-order valence-corrected chi connectivity index (χ0v) is 12.5. The largest absolute Gasteiger partial charge is 0.356 e. The van der Waals surface area contributed by atoms with Crippen LogP contribution in [0.3, 0.4) is 0 Å². The molecule has 0 radical (unpaired) electrons. The second-order valence-electron chi connectivity index (χ2n) is 6.25. The van der Waals surface area contributed by atoms with Crippen LogP contribution < -0.4 is 4.90 Å². The van der Waals surface area contributed by atoms with Crippen molar-refractivity contribution in [2.45, 2.75) is 38.1 Å². The van der Waals surface area contributed by atoms with Crippen LogP contribution in [0.25, 0.3) is 11.0 Å². The highest BCUT2D eigenvalue weighted by Gasteiger charge is 2.26. The van der Waals surface area contributed by atoms with E-state index in [-0.39, 0.29) is 0 Å². The van der Waals surface area contributed by atoms with Crippen molar-refractivity contribution in [3.8, 4) is 0 Å². The zero-order valence-electron chi connectivity index (χ0n) is 12.5. The molecule has 0 saturated carbocycles. The van der Waals surface area contributed by atoms with Crippen LogP contribution >= 0.6 is 0 Å². The Labute approximate surface area is 125 Å². The number of nitrogens with zero attached hydrogens (tertiary/aromatic N) is 4. The van der Waals surface area contributed by atoms with Crippen molar-refractivity contribution in [1.82, 2.24) is 19.9 Å². The minimum absolute atomic E-state index is 0.783. The van der Waals surface area contributed by atoms with Gasteiger partial charge in [-0.25, -0.2) is 9.97 Å². The average Bonchev–Trinajstić information content (AvgIpc) is 3.04. The predicted octanol–water partition coefficient (Wildman–Crippen LogP) is 2.41. The zero-order chi connectivity index (χ0) is 14.1. The summed E-state index contributed by atoms with van der Waals surface area (Å²) in [5, 5.41) is 1.15. The molecule has 5 nitrogen and oxygen atoms in total. The molecule has 2 saturated heterocycles. The van der Waals surface area contributed by atoms with Gasteiger partial charge in [-0.05, 0) is 44.8 Å². The summed E-state index contributed by atoms with van der Waals surface area (Å²) in [5.41, 5.74) is 0.943. The molecular formula is C16H23N5. The number of hydrogen-bond acceptors (Lipinski definition) is 4. The Hall–Kier alpha value is -1.62. The number of nitrogens with one attached hydrogen (secondary N) is 1. The van der Waals surface area contributed by atoms with Gasteiger partial charge in [0, 0.05) is 25.3 Å². The lowest BCUT2D eigenvalue weighted by atomic mass is 10.00. The van der Waals surface area contributed by atoms with Crippen molar-refractivity contribution < 1.29 is 0 Å². The highest BCUT2D eigenvalue weighted by molar-refractivity contribution is 5.87. The third-order valence-corrected chi connectivity index (χ3v) is 5.00. The van der Waals surface area contributed by atoms with Crippen molar-refractivity contribution >= 4 is 16.9 Å². The van der Waals surface area contributed by atoms with Crippen molar-refractivity contribution in [2.75, 3.05) is 31.1 Å². The molecule has 1 N–H and O–H groups in total. The highest BCUT2D eigenvalue weighted by Crippen LogP contribution is 2.27. The molecule has 112 valence electrons. The number of aromatic nitrogens is 3. The first-order valence-corrected chi connectivity index (χ1v) is 8.19. The third kappa shape index (κ3) is 2.50. The van der Waals surface area contributed by atoms with Gasteiger partial charge in [0.1, 0.15) is 17.8 Å². The number of aromatic amines is 1. The van der Waals surface area contributed by atoms with Crippen molar-refractivity contribution in [3.05, 3.63) is 18.6 Å². The molecule has 0 aromatic carbocycles. The van der Waals surface area contributed by atoms with Crippen LogP contribution in [0.4, 0.5) is 5.82 Å². The molecule has 0 amide bonds. The first-order chi connectivity index (χ1) is 10.4. The molecule has 0 unspecified atom stereocenters. The van der Waals surface area contributed by atoms with Crippen LogP contribution in [0.15, 0.2) is 18.6 Å². The van der Waals surface area contributed by atoms with Crippen molar-refractivity contribution in [2.24, 2.45) is 0 Å². The first kappa shape index (κ1) is 13.1. The van der Waals surface area contributed by atoms with Crippen molar-refractivity contribution in [3.63, 3.8) is 0 Å². The topological polar surface area (TPSA) is 48.1 Å². The summed E-state index contributed by atoms with van der Waals surface area (Å²) in [4.78, 5) is 17.1. The average molecular weight is 285 g/mol. The van der Waals surface area contributed by atoms with E-state index in [1.807, 2.05) is 6.20 Å². The molecule has 2 aliphatic rings. The molecule has 0 spiro atoms. The Balaban J connectivity index is 1.46. The number of anilines is 1. The van der Waals surface area contributed by atoms with E-state index >= 15 is 0 Å². The maximum Gasteiger partial charge on any atom is 0.142 e. The van der Waals surface area contributed by atoms with Gasteiger partial charge in [0.25, 0.3) is 0 Å². The monoisotopic (exact) mass is 285 g/mol. The summed E-state index contributed by atoms with van der Waals surface area (Å²) in [5.74, 6) is 1.10. The fourth-order valence-corrected chi connectivity index (χ4v) is 3.84. The second kappa shape index (κ2) is 5.64. The second-order valence-corrected chi connectivity index (χ2v) is 6.25. The molecule has 5 heteroatoms. The van der Waals surface area contributed by atoms with Gasteiger partial charge in [-0.3, -0.25) is 0 Å². The van der Waals surface area contributed by atoms with E-state index in [4.69, 9.17) is 0 Å². The number of fused-ring (bicyclic) bond motifs is 1. The molecule has 0 atom stereocenters. The van der Waals surface area contributed by atoms with Gasteiger partial charge in [-0.15, -0.1) is 0 Å². The van der Waals surface area contributed by atoms with Crippen molar-refractivity contribution in [1.29, 1.82) is 0 Å². The molecule has 2 aliphatic heterocycles. The molecule has 21 heavy (non-hydrogen) atoms. The first-order valence-electron chi connectivity index (χ1n) is 8.19. The lowest BCUT2D eigenvalue weighted by Crippen LogP contribution is -2.47. The van der Waals surface area contributed by atoms with E-state index in [2.05, 4.69) is 30.8 Å². The summed E-state index contributed by atoms with van der Waals surface area (Å²) in [6, 6.07) is 2.87. The van der Waals surface area contributed by atoms with Gasteiger partial charge >= 0.3 is 0 Å². The molecule has 2 fully saturated rings. The lowest BCUT2D eigenvalue weighted by molar-refractivity contribution is 0.141. The van der Waals surface area contributed by atoms with Gasteiger partial charge in [0.15, 0.2) is 0 Å². The van der Waals surface area contributed by atoms with Crippen LogP contribution in [0.1, 0.15) is 32.1 Å². The number of rotatable bonds is 2. The molecule has 2 aromatic heterocycles. The van der Waals surface area contributed by atoms with Crippen LogP contribution in [-0.2, 0) is 0 Å². The Bertz CT molecular complexity index is 593. The standard InChI is InChI=1S/C16H23N5/c1-2-8-20(9-3-1)13-5-10-21(11-6-13)16-14-4-7-17-15(14)18-12-19-16/h4,7,12-13H,1-3,5-6,8-11H2,(H,17,18,19). The normalized spacial score (nSPS) is 22.0. The van der Waals surface area contributed by atoms with Crippen LogP contribution in [0.2, 0.25) is 0 Å². The summed E-state index contributed by atoms with van der Waals surface area (Å²) >= 11 is 0.